The smallest absolute Gasteiger partial charge is 0.350 e. The molecule has 2 aliphatic carbocycles. The third kappa shape index (κ3) is 3.58. The molecule has 150 valence electrons. The van der Waals surface area contributed by atoms with Gasteiger partial charge in [-0.05, 0) is 36.8 Å². The minimum atomic E-state index is -0.956. The highest BCUT2D eigenvalue weighted by molar-refractivity contribution is 7.18. The molecule has 0 radical (unpaired) electrons. The summed E-state index contributed by atoms with van der Waals surface area (Å²) in [4.78, 5) is 38.3. The van der Waals surface area contributed by atoms with E-state index in [0.717, 1.165) is 10.4 Å². The molecule has 29 heavy (non-hydrogen) atoms. The topological polar surface area (TPSA) is 92.7 Å². The van der Waals surface area contributed by atoms with E-state index in [1.54, 1.807) is 13.0 Å². The molecule has 4 rings (SSSR count). The molecule has 1 aromatic carbocycles. The molecule has 7 heteroatoms. The number of anilines is 1. The first-order chi connectivity index (χ1) is 14.0. The number of carbonyl (C=O) groups is 3. The Morgan fingerprint density at radius 3 is 2.48 bits per heavy atom. The molecule has 6 nitrogen and oxygen atoms in total. The van der Waals surface area contributed by atoms with Gasteiger partial charge in [0, 0.05) is 4.88 Å². The fraction of sp³-hybridized carbons (Fsp3) is 0.318. The Morgan fingerprint density at radius 2 is 1.83 bits per heavy atom. The van der Waals surface area contributed by atoms with Crippen LogP contribution in [0.5, 0.6) is 0 Å². The minimum absolute atomic E-state index is 0.0839. The lowest BCUT2D eigenvalue weighted by molar-refractivity contribution is -0.146. The van der Waals surface area contributed by atoms with Crippen molar-refractivity contribution in [2.24, 2.45) is 23.7 Å². The number of hydrogen-bond acceptors (Lipinski definition) is 5. The summed E-state index contributed by atoms with van der Waals surface area (Å²) < 4.78 is 5.15. The highest BCUT2D eigenvalue weighted by Gasteiger charge is 2.51. The van der Waals surface area contributed by atoms with E-state index in [2.05, 4.69) is 5.32 Å². The summed E-state index contributed by atoms with van der Waals surface area (Å²) in [7, 11) is 0. The van der Waals surface area contributed by atoms with E-state index in [1.165, 1.54) is 11.3 Å². The van der Waals surface area contributed by atoms with Crippen molar-refractivity contribution < 1.29 is 24.2 Å². The van der Waals surface area contributed by atoms with Crippen molar-refractivity contribution in [1.82, 2.24) is 0 Å². The Morgan fingerprint density at radius 1 is 1.14 bits per heavy atom. The molecular weight excluding hydrogens is 390 g/mol. The Hall–Kier alpha value is -2.93. The molecule has 2 N–H and O–H groups in total. The van der Waals surface area contributed by atoms with Crippen LogP contribution in [0.3, 0.4) is 0 Å². The van der Waals surface area contributed by atoms with Gasteiger partial charge in [0.1, 0.15) is 4.88 Å². The van der Waals surface area contributed by atoms with Gasteiger partial charge in [-0.3, -0.25) is 9.59 Å². The van der Waals surface area contributed by atoms with Gasteiger partial charge in [0.05, 0.1) is 24.1 Å². The third-order valence-electron chi connectivity index (χ3n) is 5.56. The lowest BCUT2D eigenvalue weighted by Crippen LogP contribution is -2.36. The number of carboxylic acids is 1. The van der Waals surface area contributed by atoms with Crippen molar-refractivity contribution in [3.05, 3.63) is 53.4 Å². The number of rotatable bonds is 6. The average Bonchev–Trinajstić information content (AvgIpc) is 3.43. The van der Waals surface area contributed by atoms with Gasteiger partial charge in [-0.15, -0.1) is 11.3 Å². The quantitative estimate of drug-likeness (QED) is 0.553. The largest absolute Gasteiger partial charge is 0.481 e. The molecule has 2 aliphatic rings. The van der Waals surface area contributed by atoms with Crippen LogP contribution < -0.4 is 5.32 Å². The van der Waals surface area contributed by atoms with Crippen LogP contribution in [0.25, 0.3) is 10.4 Å². The molecule has 0 saturated heterocycles. The molecule has 0 spiro atoms. The molecule has 0 aliphatic heterocycles. The maximum Gasteiger partial charge on any atom is 0.350 e. The standard InChI is InChI=1S/C22H21NO5S/c1-2-28-22(27)19-15(11-16(29-19)12-6-4-3-5-7-12)23-20(24)17-13-8-9-14(10-13)18(17)21(25)26/h3-9,11,13-14,17-18H,2,10H2,1H3,(H,23,24)(H,25,26)/t13-,14-,17+,18+/m0/s1. The summed E-state index contributed by atoms with van der Waals surface area (Å²) >= 11 is 1.25. The second-order valence-corrected chi connectivity index (χ2v) is 8.32. The van der Waals surface area contributed by atoms with Crippen molar-refractivity contribution >= 4 is 34.9 Å². The van der Waals surface area contributed by atoms with Crippen LogP contribution in [0.1, 0.15) is 23.0 Å². The second kappa shape index (κ2) is 7.83. The summed E-state index contributed by atoms with van der Waals surface area (Å²) in [6, 6.07) is 11.3. The van der Waals surface area contributed by atoms with E-state index < -0.39 is 23.8 Å². The number of esters is 1. The van der Waals surface area contributed by atoms with E-state index in [9.17, 15) is 19.5 Å². The predicted molar refractivity (Wildman–Crippen MR) is 110 cm³/mol. The van der Waals surface area contributed by atoms with Crippen molar-refractivity contribution in [1.29, 1.82) is 0 Å². The molecule has 1 saturated carbocycles. The van der Waals surface area contributed by atoms with Crippen molar-refractivity contribution in [2.45, 2.75) is 13.3 Å². The summed E-state index contributed by atoms with van der Waals surface area (Å²) in [5.74, 6) is -3.39. The molecule has 0 unspecified atom stereocenters. The lowest BCUT2D eigenvalue weighted by Gasteiger charge is -2.23. The van der Waals surface area contributed by atoms with Gasteiger partial charge in [0.25, 0.3) is 0 Å². The van der Waals surface area contributed by atoms with E-state index >= 15 is 0 Å². The van der Waals surface area contributed by atoms with Crippen molar-refractivity contribution in [2.75, 3.05) is 11.9 Å². The van der Waals surface area contributed by atoms with E-state index in [4.69, 9.17) is 4.74 Å². The Bertz CT molecular complexity index is 980. The summed E-state index contributed by atoms with van der Waals surface area (Å²) in [5, 5.41) is 12.4. The normalized spacial score (nSPS) is 24.4. The van der Waals surface area contributed by atoms with Gasteiger partial charge >= 0.3 is 11.9 Å². The number of nitrogens with one attached hydrogen (secondary N) is 1. The summed E-state index contributed by atoms with van der Waals surface area (Å²) in [5.41, 5.74) is 1.29. The average molecular weight is 411 g/mol. The van der Waals surface area contributed by atoms with Crippen LogP contribution in [-0.4, -0.2) is 29.6 Å². The van der Waals surface area contributed by atoms with Gasteiger partial charge < -0.3 is 15.2 Å². The van der Waals surface area contributed by atoms with Crippen LogP contribution in [0.4, 0.5) is 5.69 Å². The van der Waals surface area contributed by atoms with Crippen molar-refractivity contribution in [3.63, 3.8) is 0 Å². The summed E-state index contributed by atoms with van der Waals surface area (Å²) in [6.07, 6.45) is 4.51. The van der Waals surface area contributed by atoms with E-state index in [1.807, 2.05) is 42.5 Å². The number of aliphatic carboxylic acids is 1. The zero-order chi connectivity index (χ0) is 20.5. The summed E-state index contributed by atoms with van der Waals surface area (Å²) in [6.45, 7) is 1.95. The Labute approximate surface area is 172 Å². The van der Waals surface area contributed by atoms with Gasteiger partial charge in [-0.25, -0.2) is 4.79 Å². The first-order valence-corrected chi connectivity index (χ1v) is 10.4. The van der Waals surface area contributed by atoms with Crippen LogP contribution >= 0.6 is 11.3 Å². The number of carbonyl (C=O) groups excluding carboxylic acids is 2. The maximum absolute atomic E-state index is 13.0. The van der Waals surface area contributed by atoms with Gasteiger partial charge in [0.15, 0.2) is 0 Å². The zero-order valence-corrected chi connectivity index (χ0v) is 16.6. The molecule has 1 aromatic heterocycles. The lowest BCUT2D eigenvalue weighted by atomic mass is 9.82. The maximum atomic E-state index is 13.0. The highest BCUT2D eigenvalue weighted by Crippen LogP contribution is 2.48. The number of amides is 1. The Balaban J connectivity index is 1.64. The zero-order valence-electron chi connectivity index (χ0n) is 15.8. The monoisotopic (exact) mass is 411 g/mol. The fourth-order valence-electron chi connectivity index (χ4n) is 4.31. The van der Waals surface area contributed by atoms with E-state index in [0.29, 0.717) is 17.0 Å². The predicted octanol–water partition coefficient (Wildman–Crippen LogP) is 4.05. The second-order valence-electron chi connectivity index (χ2n) is 7.27. The third-order valence-corrected chi connectivity index (χ3v) is 6.72. The first kappa shape index (κ1) is 19.4. The molecule has 1 heterocycles. The molecule has 4 atom stereocenters. The number of carboxylic acid groups (broad SMARTS) is 1. The van der Waals surface area contributed by atoms with E-state index in [-0.39, 0.29) is 24.3 Å². The van der Waals surface area contributed by atoms with Crippen LogP contribution in [0.2, 0.25) is 0 Å². The first-order valence-electron chi connectivity index (χ1n) is 9.58. The number of benzene rings is 1. The van der Waals surface area contributed by atoms with Crippen LogP contribution in [0, 0.1) is 23.7 Å². The number of hydrogen-bond donors (Lipinski definition) is 2. The number of ether oxygens (including phenoxy) is 1. The molecule has 1 amide bonds. The van der Waals surface area contributed by atoms with Crippen LogP contribution in [0.15, 0.2) is 48.6 Å². The van der Waals surface area contributed by atoms with Crippen LogP contribution in [-0.2, 0) is 14.3 Å². The molecular formula is C22H21NO5S. The molecule has 1 fully saturated rings. The van der Waals surface area contributed by atoms with Gasteiger partial charge in [-0.1, -0.05) is 42.5 Å². The highest BCUT2D eigenvalue weighted by atomic mass is 32.1. The molecule has 2 bridgehead atoms. The Kier molecular flexibility index (Phi) is 5.24. The minimum Gasteiger partial charge on any atom is -0.481 e. The fourth-order valence-corrected chi connectivity index (χ4v) is 5.32. The molecule has 2 aromatic rings. The number of allylic oxidation sites excluding steroid dienone is 2. The van der Waals surface area contributed by atoms with Gasteiger partial charge in [0.2, 0.25) is 5.91 Å². The number of fused-ring (bicyclic) bond motifs is 2. The van der Waals surface area contributed by atoms with Crippen molar-refractivity contribution in [3.8, 4) is 10.4 Å². The number of thiophene rings is 1. The van der Waals surface area contributed by atoms with Gasteiger partial charge in [-0.2, -0.15) is 0 Å². The SMILES string of the molecule is CCOC(=O)c1sc(-c2ccccc2)cc1NC(=O)[C@H]1[C@H](C(=O)O)[C@H]2C=C[C@H]1C2.